The second-order valence-corrected chi connectivity index (χ2v) is 5.42. The Morgan fingerprint density at radius 3 is 2.18 bits per heavy atom. The summed E-state index contributed by atoms with van der Waals surface area (Å²) in [5.74, 6) is 0.249. The smallest absolute Gasteiger partial charge is 0.222 e. The van der Waals surface area contributed by atoms with E-state index in [4.69, 9.17) is 0 Å². The summed E-state index contributed by atoms with van der Waals surface area (Å²) in [6, 6.07) is 0.651. The van der Waals surface area contributed by atoms with Gasteiger partial charge in [0.2, 0.25) is 5.91 Å². The number of amides is 1. The number of carbonyl (C=O) groups excluding carboxylic acids is 1. The van der Waals surface area contributed by atoms with Gasteiger partial charge >= 0.3 is 0 Å². The maximum Gasteiger partial charge on any atom is 0.222 e. The van der Waals surface area contributed by atoms with E-state index in [9.17, 15) is 4.79 Å². The monoisotopic (exact) mass is 241 g/mol. The Kier molecular flexibility index (Phi) is 5.92. The van der Waals surface area contributed by atoms with Gasteiger partial charge in [-0.05, 0) is 13.8 Å². The van der Waals surface area contributed by atoms with Crippen molar-refractivity contribution < 1.29 is 4.79 Å². The van der Waals surface area contributed by atoms with E-state index in [-0.39, 0.29) is 11.8 Å². The third-order valence-corrected chi connectivity index (χ3v) is 3.39. The zero-order chi connectivity index (χ0) is 12.8. The highest BCUT2D eigenvalue weighted by Gasteiger charge is 2.18. The predicted molar refractivity (Wildman–Crippen MR) is 71.0 cm³/mol. The number of hydrogen-bond donors (Lipinski definition) is 1. The molecule has 0 aromatic heterocycles. The van der Waals surface area contributed by atoms with Crippen LogP contribution in [0.5, 0.6) is 0 Å². The molecule has 0 spiro atoms. The molecule has 0 bridgehead atoms. The van der Waals surface area contributed by atoms with Gasteiger partial charge in [-0.25, -0.2) is 0 Å². The predicted octanol–water partition coefficient (Wildman–Crippen LogP) is 0.785. The van der Waals surface area contributed by atoms with Crippen LogP contribution in [0, 0.1) is 5.92 Å². The minimum Gasteiger partial charge on any atom is -0.355 e. The Bertz CT molecular complexity index is 233. The van der Waals surface area contributed by atoms with Crippen LogP contribution in [0.4, 0.5) is 0 Å². The highest BCUT2D eigenvalue weighted by atomic mass is 16.1. The lowest BCUT2D eigenvalue weighted by Gasteiger charge is -2.36. The van der Waals surface area contributed by atoms with Gasteiger partial charge in [0.1, 0.15) is 0 Å². The van der Waals surface area contributed by atoms with Crippen LogP contribution in [0.2, 0.25) is 0 Å². The van der Waals surface area contributed by atoms with Crippen LogP contribution >= 0.6 is 0 Å². The zero-order valence-corrected chi connectivity index (χ0v) is 11.7. The van der Waals surface area contributed by atoms with Gasteiger partial charge in [-0.3, -0.25) is 14.6 Å². The van der Waals surface area contributed by atoms with Crippen molar-refractivity contribution in [2.45, 2.75) is 33.7 Å². The maximum absolute atomic E-state index is 11.4. The van der Waals surface area contributed by atoms with Gasteiger partial charge in [0, 0.05) is 51.2 Å². The first-order valence-electron chi connectivity index (χ1n) is 6.75. The van der Waals surface area contributed by atoms with Gasteiger partial charge in [-0.15, -0.1) is 0 Å². The second kappa shape index (κ2) is 6.97. The van der Waals surface area contributed by atoms with Gasteiger partial charge in [-0.2, -0.15) is 0 Å². The van der Waals surface area contributed by atoms with Crippen molar-refractivity contribution in [3.05, 3.63) is 0 Å². The van der Waals surface area contributed by atoms with Crippen molar-refractivity contribution in [3.63, 3.8) is 0 Å². The summed E-state index contributed by atoms with van der Waals surface area (Å²) in [5, 5.41) is 2.97. The molecule has 1 fully saturated rings. The van der Waals surface area contributed by atoms with E-state index >= 15 is 0 Å². The lowest BCUT2D eigenvalue weighted by Crippen LogP contribution is -2.50. The Morgan fingerprint density at radius 2 is 1.71 bits per heavy atom. The SMILES string of the molecule is CC(C)C(=O)NCCN1CCN(C(C)C)CC1. The Hall–Kier alpha value is -0.610. The molecular formula is C13H27N3O. The van der Waals surface area contributed by atoms with Crippen LogP contribution in [0.15, 0.2) is 0 Å². The van der Waals surface area contributed by atoms with E-state index in [0.717, 1.165) is 39.3 Å². The minimum absolute atomic E-state index is 0.0905. The third kappa shape index (κ3) is 5.04. The highest BCUT2D eigenvalue weighted by Crippen LogP contribution is 2.04. The average Bonchev–Trinajstić information content (AvgIpc) is 2.29. The van der Waals surface area contributed by atoms with E-state index in [1.165, 1.54) is 0 Å². The molecule has 1 aliphatic rings. The molecule has 0 aromatic carbocycles. The molecule has 0 aromatic rings. The summed E-state index contributed by atoms with van der Waals surface area (Å²) in [6.45, 7) is 14.6. The molecule has 1 amide bonds. The van der Waals surface area contributed by atoms with E-state index in [1.807, 2.05) is 13.8 Å². The fourth-order valence-electron chi connectivity index (χ4n) is 2.04. The molecule has 1 heterocycles. The molecule has 0 radical (unpaired) electrons. The number of carbonyl (C=O) groups is 1. The number of nitrogens with zero attached hydrogens (tertiary/aromatic N) is 2. The molecular weight excluding hydrogens is 214 g/mol. The van der Waals surface area contributed by atoms with Gasteiger partial charge in [0.15, 0.2) is 0 Å². The topological polar surface area (TPSA) is 35.6 Å². The molecule has 0 saturated carbocycles. The first-order chi connectivity index (χ1) is 8.00. The van der Waals surface area contributed by atoms with Crippen LogP contribution in [0.1, 0.15) is 27.7 Å². The summed E-state index contributed by atoms with van der Waals surface area (Å²) >= 11 is 0. The molecule has 1 N–H and O–H groups in total. The fourth-order valence-corrected chi connectivity index (χ4v) is 2.04. The summed E-state index contributed by atoms with van der Waals surface area (Å²) in [5.41, 5.74) is 0. The number of nitrogens with one attached hydrogen (secondary N) is 1. The summed E-state index contributed by atoms with van der Waals surface area (Å²) < 4.78 is 0. The van der Waals surface area contributed by atoms with Crippen LogP contribution in [-0.4, -0.2) is 61.0 Å². The van der Waals surface area contributed by atoms with Crippen LogP contribution in [0.25, 0.3) is 0 Å². The Morgan fingerprint density at radius 1 is 1.12 bits per heavy atom. The van der Waals surface area contributed by atoms with Crippen LogP contribution in [-0.2, 0) is 4.79 Å². The maximum atomic E-state index is 11.4. The lowest BCUT2D eigenvalue weighted by molar-refractivity contribution is -0.124. The lowest BCUT2D eigenvalue weighted by atomic mass is 10.2. The number of rotatable bonds is 5. The van der Waals surface area contributed by atoms with Crippen LogP contribution < -0.4 is 5.32 Å². The van der Waals surface area contributed by atoms with Crippen molar-refractivity contribution in [3.8, 4) is 0 Å². The van der Waals surface area contributed by atoms with Gasteiger partial charge < -0.3 is 5.32 Å². The average molecular weight is 241 g/mol. The van der Waals surface area contributed by atoms with Crippen LogP contribution in [0.3, 0.4) is 0 Å². The summed E-state index contributed by atoms with van der Waals surface area (Å²) in [4.78, 5) is 16.3. The molecule has 1 saturated heterocycles. The van der Waals surface area contributed by atoms with Gasteiger partial charge in [0.05, 0.1) is 0 Å². The zero-order valence-electron chi connectivity index (χ0n) is 11.7. The molecule has 17 heavy (non-hydrogen) atoms. The molecule has 4 heteroatoms. The fraction of sp³-hybridized carbons (Fsp3) is 0.923. The largest absolute Gasteiger partial charge is 0.355 e. The van der Waals surface area contributed by atoms with Crippen molar-refractivity contribution >= 4 is 5.91 Å². The van der Waals surface area contributed by atoms with Gasteiger partial charge in [0.25, 0.3) is 0 Å². The standard InChI is InChI=1S/C13H27N3O/c1-11(2)13(17)14-5-6-15-7-9-16(10-8-15)12(3)4/h11-12H,5-10H2,1-4H3,(H,14,17). The molecule has 4 nitrogen and oxygen atoms in total. The molecule has 100 valence electrons. The minimum atomic E-state index is 0.0905. The van der Waals surface area contributed by atoms with Crippen molar-refractivity contribution in [1.82, 2.24) is 15.1 Å². The molecule has 0 atom stereocenters. The first-order valence-corrected chi connectivity index (χ1v) is 6.75. The number of piperazine rings is 1. The quantitative estimate of drug-likeness (QED) is 0.773. The van der Waals surface area contributed by atoms with E-state index < -0.39 is 0 Å². The van der Waals surface area contributed by atoms with E-state index in [1.54, 1.807) is 0 Å². The Balaban J connectivity index is 2.12. The number of hydrogen-bond acceptors (Lipinski definition) is 3. The van der Waals surface area contributed by atoms with Crippen molar-refractivity contribution in [2.24, 2.45) is 5.92 Å². The third-order valence-electron chi connectivity index (χ3n) is 3.39. The van der Waals surface area contributed by atoms with E-state index in [2.05, 4.69) is 29.0 Å². The van der Waals surface area contributed by atoms with Crippen molar-refractivity contribution in [1.29, 1.82) is 0 Å². The summed E-state index contributed by atoms with van der Waals surface area (Å²) in [6.07, 6.45) is 0. The summed E-state index contributed by atoms with van der Waals surface area (Å²) in [7, 11) is 0. The highest BCUT2D eigenvalue weighted by molar-refractivity contribution is 5.77. The molecule has 0 aliphatic carbocycles. The molecule has 1 aliphatic heterocycles. The van der Waals surface area contributed by atoms with E-state index in [0.29, 0.717) is 6.04 Å². The molecule has 0 unspecified atom stereocenters. The Labute approximate surface area is 105 Å². The first kappa shape index (κ1) is 14.5. The van der Waals surface area contributed by atoms with Gasteiger partial charge in [-0.1, -0.05) is 13.8 Å². The second-order valence-electron chi connectivity index (χ2n) is 5.42. The molecule has 1 rings (SSSR count). The van der Waals surface area contributed by atoms with Crippen molar-refractivity contribution in [2.75, 3.05) is 39.3 Å². The normalized spacial score (nSPS) is 18.9.